The third kappa shape index (κ3) is 2.40. The molecule has 0 atom stereocenters. The highest BCUT2D eigenvalue weighted by atomic mass is 35.5. The van der Waals surface area contributed by atoms with Crippen LogP contribution in [0.2, 0.25) is 0 Å². The van der Waals surface area contributed by atoms with E-state index in [-0.39, 0.29) is 0 Å². The molecule has 1 saturated carbocycles. The highest BCUT2D eigenvalue weighted by Crippen LogP contribution is 2.29. The molecule has 0 bridgehead atoms. The number of hydrogen-bond acceptors (Lipinski definition) is 3. The van der Waals surface area contributed by atoms with Crippen LogP contribution in [0.3, 0.4) is 0 Å². The van der Waals surface area contributed by atoms with E-state index in [9.17, 15) is 0 Å². The van der Waals surface area contributed by atoms with Crippen LogP contribution in [0.25, 0.3) is 0 Å². The predicted molar refractivity (Wildman–Crippen MR) is 70.6 cm³/mol. The number of anilines is 1. The Bertz CT molecular complexity index is 384. The van der Waals surface area contributed by atoms with Gasteiger partial charge in [0, 0.05) is 55.9 Å². The van der Waals surface area contributed by atoms with Crippen molar-refractivity contribution in [3.05, 3.63) is 24.0 Å². The fourth-order valence-corrected chi connectivity index (χ4v) is 2.80. The Morgan fingerprint density at radius 2 is 2.00 bits per heavy atom. The molecule has 2 fully saturated rings. The maximum absolute atomic E-state index is 5.96. The van der Waals surface area contributed by atoms with Gasteiger partial charge in [-0.1, -0.05) is 0 Å². The molecule has 0 radical (unpaired) electrons. The minimum absolute atomic E-state index is 0.548. The van der Waals surface area contributed by atoms with E-state index < -0.39 is 0 Å². The van der Waals surface area contributed by atoms with E-state index in [1.54, 1.807) is 0 Å². The van der Waals surface area contributed by atoms with Crippen LogP contribution >= 0.6 is 11.6 Å². The lowest BCUT2D eigenvalue weighted by Crippen LogP contribution is -2.47. The molecule has 2 aliphatic rings. The molecule has 1 aromatic rings. The molecule has 0 unspecified atom stereocenters. The molecule has 17 heavy (non-hydrogen) atoms. The van der Waals surface area contributed by atoms with Gasteiger partial charge in [-0.3, -0.25) is 9.88 Å². The van der Waals surface area contributed by atoms with Crippen LogP contribution in [0.15, 0.2) is 18.5 Å². The van der Waals surface area contributed by atoms with Gasteiger partial charge in [0.05, 0.1) is 5.88 Å². The van der Waals surface area contributed by atoms with Gasteiger partial charge in [0.25, 0.3) is 0 Å². The van der Waals surface area contributed by atoms with Crippen molar-refractivity contribution < 1.29 is 0 Å². The zero-order valence-corrected chi connectivity index (χ0v) is 10.7. The second-order valence-corrected chi connectivity index (χ2v) is 5.16. The Morgan fingerprint density at radius 3 is 2.65 bits per heavy atom. The first kappa shape index (κ1) is 11.3. The summed E-state index contributed by atoms with van der Waals surface area (Å²) in [6.45, 7) is 4.61. The van der Waals surface area contributed by atoms with Gasteiger partial charge in [0.2, 0.25) is 0 Å². The fraction of sp³-hybridized carbons (Fsp3) is 0.615. The lowest BCUT2D eigenvalue weighted by Gasteiger charge is -2.36. The Kier molecular flexibility index (Phi) is 3.21. The van der Waals surface area contributed by atoms with Crippen LogP contribution in [-0.4, -0.2) is 42.1 Å². The van der Waals surface area contributed by atoms with Gasteiger partial charge in [0.1, 0.15) is 0 Å². The van der Waals surface area contributed by atoms with Gasteiger partial charge in [-0.15, -0.1) is 11.6 Å². The van der Waals surface area contributed by atoms with Gasteiger partial charge in [-0.05, 0) is 18.9 Å². The fourth-order valence-electron chi connectivity index (χ4n) is 2.60. The van der Waals surface area contributed by atoms with E-state index in [1.807, 2.05) is 12.4 Å². The number of hydrogen-bond donors (Lipinski definition) is 0. The monoisotopic (exact) mass is 251 g/mol. The molecule has 3 nitrogen and oxygen atoms in total. The van der Waals surface area contributed by atoms with E-state index in [0.29, 0.717) is 5.88 Å². The molecule has 0 N–H and O–H groups in total. The molecule has 0 aromatic carbocycles. The minimum atomic E-state index is 0.548. The van der Waals surface area contributed by atoms with Crippen molar-refractivity contribution in [1.29, 1.82) is 0 Å². The summed E-state index contributed by atoms with van der Waals surface area (Å²) in [5, 5.41) is 0. The quantitative estimate of drug-likeness (QED) is 0.767. The number of halogens is 1. The summed E-state index contributed by atoms with van der Waals surface area (Å²) >= 11 is 5.96. The Labute approximate surface area is 107 Å². The third-order valence-electron chi connectivity index (χ3n) is 3.74. The first-order chi connectivity index (χ1) is 8.38. The molecule has 1 saturated heterocycles. The molecule has 0 spiro atoms. The van der Waals surface area contributed by atoms with Crippen LogP contribution < -0.4 is 4.90 Å². The standard InChI is InChI=1S/C13H18ClN3/c14-9-11-10-15-4-3-13(11)17-7-5-16(6-8-17)12-1-2-12/h3-4,10,12H,1-2,5-9H2. The van der Waals surface area contributed by atoms with E-state index in [2.05, 4.69) is 20.9 Å². The lowest BCUT2D eigenvalue weighted by molar-refractivity contribution is 0.248. The van der Waals surface area contributed by atoms with Gasteiger partial charge in [-0.2, -0.15) is 0 Å². The summed E-state index contributed by atoms with van der Waals surface area (Å²) < 4.78 is 0. The summed E-state index contributed by atoms with van der Waals surface area (Å²) in [6.07, 6.45) is 6.55. The average Bonchev–Trinajstić information content (AvgIpc) is 3.23. The first-order valence-electron chi connectivity index (χ1n) is 6.36. The highest BCUT2D eigenvalue weighted by Gasteiger charge is 2.31. The molecule has 2 heterocycles. The summed E-state index contributed by atoms with van der Waals surface area (Å²) in [5.41, 5.74) is 2.42. The van der Waals surface area contributed by atoms with Gasteiger partial charge >= 0.3 is 0 Å². The number of piperazine rings is 1. The maximum Gasteiger partial charge on any atom is 0.0509 e. The third-order valence-corrected chi connectivity index (χ3v) is 4.03. The van der Waals surface area contributed by atoms with Crippen LogP contribution in [0.1, 0.15) is 18.4 Å². The molecule has 1 aromatic heterocycles. The predicted octanol–water partition coefficient (Wildman–Crippen LogP) is 2.10. The topological polar surface area (TPSA) is 19.4 Å². The zero-order valence-electron chi connectivity index (χ0n) is 9.98. The second-order valence-electron chi connectivity index (χ2n) is 4.89. The van der Waals surface area contributed by atoms with Crippen molar-refractivity contribution in [2.24, 2.45) is 0 Å². The Morgan fingerprint density at radius 1 is 1.24 bits per heavy atom. The van der Waals surface area contributed by atoms with Crippen molar-refractivity contribution in [3.8, 4) is 0 Å². The van der Waals surface area contributed by atoms with Crippen molar-refractivity contribution in [2.75, 3.05) is 31.1 Å². The van der Waals surface area contributed by atoms with Crippen LogP contribution in [0.5, 0.6) is 0 Å². The smallest absolute Gasteiger partial charge is 0.0509 e. The summed E-state index contributed by atoms with van der Waals surface area (Å²) in [4.78, 5) is 9.21. The number of nitrogens with zero attached hydrogens (tertiary/aromatic N) is 3. The zero-order chi connectivity index (χ0) is 11.7. The summed E-state index contributed by atoms with van der Waals surface area (Å²) in [7, 11) is 0. The van der Waals surface area contributed by atoms with Crippen molar-refractivity contribution in [3.63, 3.8) is 0 Å². The van der Waals surface area contributed by atoms with Crippen molar-refractivity contribution in [2.45, 2.75) is 24.8 Å². The number of pyridine rings is 1. The second kappa shape index (κ2) is 4.83. The van der Waals surface area contributed by atoms with Gasteiger partial charge < -0.3 is 4.90 Å². The molecule has 0 amide bonds. The molecule has 1 aliphatic heterocycles. The van der Waals surface area contributed by atoms with E-state index in [4.69, 9.17) is 11.6 Å². The van der Waals surface area contributed by atoms with Gasteiger partial charge in [-0.25, -0.2) is 0 Å². The molecule has 4 heteroatoms. The molecular weight excluding hydrogens is 234 g/mol. The lowest BCUT2D eigenvalue weighted by atomic mass is 10.2. The molecule has 1 aliphatic carbocycles. The van der Waals surface area contributed by atoms with Crippen LogP contribution in [0.4, 0.5) is 5.69 Å². The average molecular weight is 252 g/mol. The normalized spacial score (nSPS) is 21.8. The Balaban J connectivity index is 1.68. The first-order valence-corrected chi connectivity index (χ1v) is 6.90. The van der Waals surface area contributed by atoms with E-state index in [0.717, 1.165) is 24.7 Å². The molecule has 92 valence electrons. The van der Waals surface area contributed by atoms with E-state index >= 15 is 0 Å². The SMILES string of the molecule is ClCc1cnccc1N1CCN(C2CC2)CC1. The van der Waals surface area contributed by atoms with Crippen LogP contribution in [0, 0.1) is 0 Å². The number of alkyl halides is 1. The van der Waals surface area contributed by atoms with Crippen molar-refractivity contribution in [1.82, 2.24) is 9.88 Å². The summed E-state index contributed by atoms with van der Waals surface area (Å²) in [6, 6.07) is 2.98. The number of aromatic nitrogens is 1. The maximum atomic E-state index is 5.96. The van der Waals surface area contributed by atoms with Crippen molar-refractivity contribution >= 4 is 17.3 Å². The van der Waals surface area contributed by atoms with Gasteiger partial charge in [0.15, 0.2) is 0 Å². The highest BCUT2D eigenvalue weighted by molar-refractivity contribution is 6.17. The van der Waals surface area contributed by atoms with E-state index in [1.165, 1.54) is 31.6 Å². The molecule has 3 rings (SSSR count). The molecular formula is C13H18ClN3. The largest absolute Gasteiger partial charge is 0.369 e. The number of rotatable bonds is 3. The minimum Gasteiger partial charge on any atom is -0.369 e. The Hall–Kier alpha value is -0.800. The summed E-state index contributed by atoms with van der Waals surface area (Å²) in [5.74, 6) is 0.548. The van der Waals surface area contributed by atoms with Crippen LogP contribution in [-0.2, 0) is 5.88 Å².